The van der Waals surface area contributed by atoms with Crippen molar-refractivity contribution in [1.29, 1.82) is 0 Å². The number of pyridine rings is 1. The van der Waals surface area contributed by atoms with Gasteiger partial charge in [-0.2, -0.15) is 0 Å². The van der Waals surface area contributed by atoms with Crippen LogP contribution < -0.4 is 0 Å². The molecule has 0 aliphatic carbocycles. The molecule has 1 aromatic rings. The SMILES string of the molecule is CC(=O)O.CCOC(=O)Cc1ccc(Cl)nc1. The zero-order valence-corrected chi connectivity index (χ0v) is 10.4. The summed E-state index contributed by atoms with van der Waals surface area (Å²) in [5, 5.41) is 7.84. The van der Waals surface area contributed by atoms with Crippen molar-refractivity contribution < 1.29 is 19.4 Å². The number of aliphatic carboxylic acids is 1. The number of halogens is 1. The molecule has 1 aromatic heterocycles. The molecular formula is C11H14ClNO4. The molecule has 0 amide bonds. The summed E-state index contributed by atoms with van der Waals surface area (Å²) in [5.74, 6) is -1.08. The van der Waals surface area contributed by atoms with Crippen molar-refractivity contribution in [2.45, 2.75) is 20.3 Å². The average Bonchev–Trinajstić information content (AvgIpc) is 2.21. The van der Waals surface area contributed by atoms with E-state index in [-0.39, 0.29) is 12.4 Å². The molecule has 0 radical (unpaired) electrons. The van der Waals surface area contributed by atoms with Gasteiger partial charge in [-0.15, -0.1) is 0 Å². The summed E-state index contributed by atoms with van der Waals surface area (Å²) in [4.78, 5) is 23.9. The van der Waals surface area contributed by atoms with Gasteiger partial charge in [-0.3, -0.25) is 9.59 Å². The molecule has 0 unspecified atom stereocenters. The van der Waals surface area contributed by atoms with Crippen molar-refractivity contribution in [2.75, 3.05) is 6.61 Å². The number of aromatic nitrogens is 1. The van der Waals surface area contributed by atoms with E-state index in [0.29, 0.717) is 11.8 Å². The van der Waals surface area contributed by atoms with Gasteiger partial charge in [-0.25, -0.2) is 4.98 Å². The lowest BCUT2D eigenvalue weighted by atomic mass is 10.2. The number of hydrogen-bond acceptors (Lipinski definition) is 4. The van der Waals surface area contributed by atoms with Gasteiger partial charge < -0.3 is 9.84 Å². The predicted molar refractivity (Wildman–Crippen MR) is 62.9 cm³/mol. The van der Waals surface area contributed by atoms with Crippen LogP contribution in [0.5, 0.6) is 0 Å². The van der Waals surface area contributed by atoms with E-state index in [9.17, 15) is 4.79 Å². The van der Waals surface area contributed by atoms with Gasteiger partial charge in [-0.05, 0) is 18.6 Å². The van der Waals surface area contributed by atoms with Crippen molar-refractivity contribution in [2.24, 2.45) is 0 Å². The molecule has 0 bridgehead atoms. The molecule has 5 nitrogen and oxygen atoms in total. The second-order valence-corrected chi connectivity index (χ2v) is 3.38. The second-order valence-electron chi connectivity index (χ2n) is 2.99. The number of nitrogens with zero attached hydrogens (tertiary/aromatic N) is 1. The first-order valence-electron chi connectivity index (χ1n) is 4.91. The quantitative estimate of drug-likeness (QED) is 0.663. The molecule has 1 rings (SSSR count). The van der Waals surface area contributed by atoms with Crippen molar-refractivity contribution in [1.82, 2.24) is 4.98 Å². The first kappa shape index (κ1) is 15.4. The van der Waals surface area contributed by atoms with Crippen LogP contribution in [0.1, 0.15) is 19.4 Å². The van der Waals surface area contributed by atoms with Crippen LogP contribution in [0.4, 0.5) is 0 Å². The number of ether oxygens (including phenoxy) is 1. The molecule has 0 saturated carbocycles. The van der Waals surface area contributed by atoms with Crippen LogP contribution in [-0.4, -0.2) is 28.6 Å². The summed E-state index contributed by atoms with van der Waals surface area (Å²) in [6.07, 6.45) is 1.82. The van der Waals surface area contributed by atoms with Crippen LogP contribution in [0.2, 0.25) is 5.15 Å². The number of carboxylic acids is 1. The molecule has 0 aliphatic rings. The maximum Gasteiger partial charge on any atom is 0.310 e. The molecule has 6 heteroatoms. The summed E-state index contributed by atoms with van der Waals surface area (Å²) in [6.45, 7) is 3.26. The molecule has 94 valence electrons. The molecule has 0 aromatic carbocycles. The Labute approximate surface area is 104 Å². The second kappa shape index (κ2) is 8.52. The molecule has 0 saturated heterocycles. The summed E-state index contributed by atoms with van der Waals surface area (Å²) >= 11 is 5.58. The van der Waals surface area contributed by atoms with Gasteiger partial charge in [0, 0.05) is 13.1 Å². The normalized spacial score (nSPS) is 8.88. The number of hydrogen-bond donors (Lipinski definition) is 1. The highest BCUT2D eigenvalue weighted by Crippen LogP contribution is 2.06. The Morgan fingerprint density at radius 1 is 1.47 bits per heavy atom. The highest BCUT2D eigenvalue weighted by molar-refractivity contribution is 6.29. The van der Waals surface area contributed by atoms with Gasteiger partial charge in [-0.1, -0.05) is 17.7 Å². The standard InChI is InChI=1S/C9H10ClNO2.C2H4O2/c1-2-13-9(12)5-7-3-4-8(10)11-6-7;1-2(3)4/h3-4,6H,2,5H2,1H3;1H3,(H,3,4). The minimum Gasteiger partial charge on any atom is -0.481 e. The summed E-state index contributed by atoms with van der Waals surface area (Å²) in [7, 11) is 0. The Balaban J connectivity index is 0.000000557. The third kappa shape index (κ3) is 9.32. The monoisotopic (exact) mass is 259 g/mol. The van der Waals surface area contributed by atoms with E-state index in [0.717, 1.165) is 12.5 Å². The number of esters is 1. The van der Waals surface area contributed by atoms with Crippen molar-refractivity contribution in [3.05, 3.63) is 29.0 Å². The van der Waals surface area contributed by atoms with E-state index >= 15 is 0 Å². The average molecular weight is 260 g/mol. The van der Waals surface area contributed by atoms with E-state index in [1.54, 1.807) is 25.3 Å². The Morgan fingerprint density at radius 3 is 2.47 bits per heavy atom. The minimum absolute atomic E-state index is 0.244. The van der Waals surface area contributed by atoms with Crippen molar-refractivity contribution >= 4 is 23.5 Å². The van der Waals surface area contributed by atoms with Gasteiger partial charge >= 0.3 is 5.97 Å². The van der Waals surface area contributed by atoms with Crippen LogP contribution in [0, 0.1) is 0 Å². The first-order valence-corrected chi connectivity index (χ1v) is 5.29. The van der Waals surface area contributed by atoms with Crippen molar-refractivity contribution in [3.63, 3.8) is 0 Å². The topological polar surface area (TPSA) is 76.5 Å². The van der Waals surface area contributed by atoms with Gasteiger partial charge in [0.15, 0.2) is 0 Å². The maximum absolute atomic E-state index is 11.0. The summed E-state index contributed by atoms with van der Waals surface area (Å²) in [6, 6.07) is 3.41. The molecule has 17 heavy (non-hydrogen) atoms. The number of carbonyl (C=O) groups excluding carboxylic acids is 1. The highest BCUT2D eigenvalue weighted by Gasteiger charge is 2.03. The molecule has 0 fully saturated rings. The summed E-state index contributed by atoms with van der Waals surface area (Å²) in [5.41, 5.74) is 0.808. The lowest BCUT2D eigenvalue weighted by Gasteiger charge is -2.00. The largest absolute Gasteiger partial charge is 0.481 e. The summed E-state index contributed by atoms with van der Waals surface area (Å²) < 4.78 is 4.78. The van der Waals surface area contributed by atoms with Gasteiger partial charge in [0.05, 0.1) is 13.0 Å². The molecule has 0 spiro atoms. The maximum atomic E-state index is 11.0. The minimum atomic E-state index is -0.833. The lowest BCUT2D eigenvalue weighted by molar-refractivity contribution is -0.142. The van der Waals surface area contributed by atoms with Crippen LogP contribution in [0.15, 0.2) is 18.3 Å². The molecule has 0 aliphatic heterocycles. The Morgan fingerprint density at radius 2 is 2.06 bits per heavy atom. The smallest absolute Gasteiger partial charge is 0.310 e. The van der Waals surface area contributed by atoms with E-state index in [1.807, 2.05) is 0 Å². The fraction of sp³-hybridized carbons (Fsp3) is 0.364. The fourth-order valence-electron chi connectivity index (χ4n) is 0.890. The Bertz CT molecular complexity index is 360. The predicted octanol–water partition coefficient (Wildman–Crippen LogP) is 1.93. The molecule has 1 N–H and O–H groups in total. The molecule has 0 atom stereocenters. The van der Waals surface area contributed by atoms with Crippen LogP contribution in [0.3, 0.4) is 0 Å². The number of carbonyl (C=O) groups is 2. The van der Waals surface area contributed by atoms with Gasteiger partial charge in [0.25, 0.3) is 5.97 Å². The van der Waals surface area contributed by atoms with E-state index in [4.69, 9.17) is 26.2 Å². The lowest BCUT2D eigenvalue weighted by Crippen LogP contribution is -2.07. The fourth-order valence-corrected chi connectivity index (χ4v) is 1.00. The zero-order chi connectivity index (χ0) is 13.3. The third-order valence-corrected chi connectivity index (χ3v) is 1.67. The molecule has 1 heterocycles. The van der Waals surface area contributed by atoms with Crippen LogP contribution in [0.25, 0.3) is 0 Å². The van der Waals surface area contributed by atoms with Crippen molar-refractivity contribution in [3.8, 4) is 0 Å². The molecular weight excluding hydrogens is 246 g/mol. The van der Waals surface area contributed by atoms with Crippen LogP contribution in [-0.2, 0) is 20.7 Å². The Kier molecular flexibility index (Phi) is 7.71. The zero-order valence-electron chi connectivity index (χ0n) is 9.64. The van der Waals surface area contributed by atoms with E-state index < -0.39 is 5.97 Å². The van der Waals surface area contributed by atoms with Gasteiger partial charge in [0.2, 0.25) is 0 Å². The van der Waals surface area contributed by atoms with Gasteiger partial charge in [0.1, 0.15) is 5.15 Å². The third-order valence-electron chi connectivity index (χ3n) is 1.44. The first-order chi connectivity index (χ1) is 7.95. The number of carboxylic acid groups (broad SMARTS) is 1. The van der Waals surface area contributed by atoms with Crippen LogP contribution >= 0.6 is 11.6 Å². The Hall–Kier alpha value is -1.62. The number of rotatable bonds is 3. The van der Waals surface area contributed by atoms with E-state index in [2.05, 4.69) is 4.98 Å². The van der Waals surface area contributed by atoms with E-state index in [1.165, 1.54) is 0 Å². The highest BCUT2D eigenvalue weighted by atomic mass is 35.5.